The van der Waals surface area contributed by atoms with Crippen LogP contribution in [0, 0.1) is 26.6 Å². The fourth-order valence-electron chi connectivity index (χ4n) is 4.78. The number of alkyl halides is 3. The molecule has 0 aliphatic rings. The molecule has 186 valence electrons. The first-order valence-electron chi connectivity index (χ1n) is 11.4. The highest BCUT2D eigenvalue weighted by Crippen LogP contribution is 2.33. The van der Waals surface area contributed by atoms with Crippen molar-refractivity contribution in [1.82, 2.24) is 14.5 Å². The van der Waals surface area contributed by atoms with Crippen LogP contribution in [0.2, 0.25) is 5.15 Å². The van der Waals surface area contributed by atoms with Gasteiger partial charge in [0.2, 0.25) is 10.8 Å². The van der Waals surface area contributed by atoms with Gasteiger partial charge in [0.25, 0.3) is 0 Å². The van der Waals surface area contributed by atoms with E-state index in [1.54, 1.807) is 16.7 Å². The molecule has 0 spiro atoms. The third-order valence-electron chi connectivity index (χ3n) is 6.08. The summed E-state index contributed by atoms with van der Waals surface area (Å²) in [6.07, 6.45) is -2.30. The number of hydrogen-bond acceptors (Lipinski definition) is 1. The SMILES string of the molecule is CCCN(Cc1ccc(F)cc1)Cc1c(C(F)(F)F)[nH]c2n(-c3c(C)cc(C)cc3C)c(Cl)c[n+]12. The Morgan fingerprint density at radius 3 is 2.23 bits per heavy atom. The number of aryl methyl sites for hydroxylation is 3. The molecular formula is C26H28ClF4N4+. The van der Waals surface area contributed by atoms with Crippen LogP contribution in [0.25, 0.3) is 11.5 Å². The third-order valence-corrected chi connectivity index (χ3v) is 6.35. The van der Waals surface area contributed by atoms with E-state index in [-0.39, 0.29) is 23.8 Å². The van der Waals surface area contributed by atoms with Crippen molar-refractivity contribution in [3.05, 3.63) is 87.2 Å². The summed E-state index contributed by atoms with van der Waals surface area (Å²) >= 11 is 6.60. The summed E-state index contributed by atoms with van der Waals surface area (Å²) in [5.41, 5.74) is 3.74. The standard InChI is InChI=1S/C26H27ClF4N4/c1-5-10-33(13-19-6-8-20(28)9-7-19)14-21-24(26(29,30)31)32-25-34(21)15-22(27)35(25)23-17(3)11-16(2)12-18(23)4/h6-9,11-12,15H,5,10,13-14H2,1-4H3/p+1. The van der Waals surface area contributed by atoms with Gasteiger partial charge in [0.15, 0.2) is 0 Å². The van der Waals surface area contributed by atoms with Crippen molar-refractivity contribution in [1.29, 1.82) is 0 Å². The summed E-state index contributed by atoms with van der Waals surface area (Å²) in [6.45, 7) is 8.79. The van der Waals surface area contributed by atoms with Crippen LogP contribution in [0.4, 0.5) is 17.6 Å². The van der Waals surface area contributed by atoms with E-state index in [1.165, 1.54) is 22.7 Å². The van der Waals surface area contributed by atoms with Crippen molar-refractivity contribution >= 4 is 17.4 Å². The Balaban J connectivity index is 1.84. The summed E-state index contributed by atoms with van der Waals surface area (Å²) in [5.74, 6) is -0.110. The molecule has 35 heavy (non-hydrogen) atoms. The maximum absolute atomic E-state index is 14.2. The minimum atomic E-state index is -4.58. The fourth-order valence-corrected chi connectivity index (χ4v) is 5.04. The van der Waals surface area contributed by atoms with E-state index in [9.17, 15) is 17.6 Å². The smallest absolute Gasteiger partial charge is 0.292 e. The number of aromatic nitrogens is 3. The topological polar surface area (TPSA) is 28.1 Å². The van der Waals surface area contributed by atoms with Crippen LogP contribution >= 0.6 is 11.6 Å². The first-order valence-corrected chi connectivity index (χ1v) is 11.8. The van der Waals surface area contributed by atoms with E-state index in [2.05, 4.69) is 4.98 Å². The van der Waals surface area contributed by atoms with Gasteiger partial charge in [0, 0.05) is 6.54 Å². The number of halogens is 5. The highest BCUT2D eigenvalue weighted by molar-refractivity contribution is 6.29. The van der Waals surface area contributed by atoms with Crippen LogP contribution in [0.15, 0.2) is 42.6 Å². The Kier molecular flexibility index (Phi) is 6.97. The second-order valence-electron chi connectivity index (χ2n) is 9.01. The Hall–Kier alpha value is -2.84. The molecule has 0 fully saturated rings. The molecule has 0 bridgehead atoms. The van der Waals surface area contributed by atoms with Gasteiger partial charge >= 0.3 is 12.0 Å². The summed E-state index contributed by atoms with van der Waals surface area (Å²) in [6, 6.07) is 9.98. The lowest BCUT2D eigenvalue weighted by molar-refractivity contribution is -0.520. The van der Waals surface area contributed by atoms with Gasteiger partial charge in [-0.2, -0.15) is 22.1 Å². The fraction of sp³-hybridized carbons (Fsp3) is 0.346. The van der Waals surface area contributed by atoms with Gasteiger partial charge in [-0.15, -0.1) is 0 Å². The molecular weight excluding hydrogens is 480 g/mol. The van der Waals surface area contributed by atoms with Gasteiger partial charge in [-0.3, -0.25) is 4.90 Å². The highest BCUT2D eigenvalue weighted by Gasteiger charge is 2.42. The first kappa shape index (κ1) is 25.3. The Labute approximate surface area is 206 Å². The van der Waals surface area contributed by atoms with Crippen LogP contribution in [0.5, 0.6) is 0 Å². The van der Waals surface area contributed by atoms with Crippen molar-refractivity contribution < 1.29 is 22.0 Å². The number of aromatic amines is 1. The molecule has 9 heteroatoms. The molecule has 0 unspecified atom stereocenters. The van der Waals surface area contributed by atoms with E-state index in [0.717, 1.165) is 34.4 Å². The molecule has 0 amide bonds. The molecule has 0 atom stereocenters. The molecule has 2 aromatic heterocycles. The molecule has 4 nitrogen and oxygen atoms in total. The Morgan fingerprint density at radius 2 is 1.66 bits per heavy atom. The van der Waals surface area contributed by atoms with Crippen LogP contribution in [0.1, 0.15) is 47.0 Å². The molecule has 1 N–H and O–H groups in total. The predicted octanol–water partition coefficient (Wildman–Crippen LogP) is 6.69. The lowest BCUT2D eigenvalue weighted by Crippen LogP contribution is -2.32. The monoisotopic (exact) mass is 507 g/mol. The van der Waals surface area contributed by atoms with E-state index in [0.29, 0.717) is 18.2 Å². The molecule has 4 rings (SSSR count). The van der Waals surface area contributed by atoms with Crippen LogP contribution in [0.3, 0.4) is 0 Å². The minimum absolute atomic E-state index is 0.0386. The normalized spacial score (nSPS) is 12.3. The van der Waals surface area contributed by atoms with Gasteiger partial charge in [-0.25, -0.2) is 9.37 Å². The molecule has 0 saturated carbocycles. The zero-order valence-corrected chi connectivity index (χ0v) is 20.9. The number of benzene rings is 2. The lowest BCUT2D eigenvalue weighted by Gasteiger charge is -2.21. The summed E-state index contributed by atoms with van der Waals surface area (Å²) in [4.78, 5) is 4.54. The maximum Gasteiger partial charge on any atom is 0.449 e. The zero-order chi connectivity index (χ0) is 25.5. The van der Waals surface area contributed by atoms with E-state index in [4.69, 9.17) is 11.6 Å². The Bertz CT molecular complexity index is 1330. The molecule has 2 heterocycles. The summed E-state index contributed by atoms with van der Waals surface area (Å²) in [5, 5.41) is 0.307. The van der Waals surface area contributed by atoms with Crippen molar-refractivity contribution in [2.75, 3.05) is 6.54 Å². The van der Waals surface area contributed by atoms with Crippen molar-refractivity contribution in [3.8, 4) is 5.69 Å². The van der Waals surface area contributed by atoms with Crippen LogP contribution < -0.4 is 4.40 Å². The van der Waals surface area contributed by atoms with Crippen LogP contribution in [-0.2, 0) is 19.3 Å². The molecule has 0 aliphatic carbocycles. The lowest BCUT2D eigenvalue weighted by atomic mass is 10.1. The Morgan fingerprint density at radius 1 is 1.03 bits per heavy atom. The molecule has 4 aromatic rings. The summed E-state index contributed by atoms with van der Waals surface area (Å²) < 4.78 is 59.0. The van der Waals surface area contributed by atoms with Crippen molar-refractivity contribution in [2.45, 2.75) is 53.4 Å². The van der Waals surface area contributed by atoms with Crippen LogP contribution in [-0.4, -0.2) is 21.0 Å². The van der Waals surface area contributed by atoms with Crippen molar-refractivity contribution in [3.63, 3.8) is 0 Å². The molecule has 0 aliphatic heterocycles. The second kappa shape index (κ2) is 9.66. The quantitative estimate of drug-likeness (QED) is 0.219. The largest absolute Gasteiger partial charge is 0.449 e. The number of H-pyrrole nitrogens is 1. The average molecular weight is 508 g/mol. The van der Waals surface area contributed by atoms with E-state index in [1.807, 2.05) is 44.7 Å². The average Bonchev–Trinajstić information content (AvgIpc) is 3.25. The van der Waals surface area contributed by atoms with Crippen molar-refractivity contribution in [2.24, 2.45) is 0 Å². The molecule has 0 radical (unpaired) electrons. The third kappa shape index (κ3) is 5.09. The highest BCUT2D eigenvalue weighted by atomic mass is 35.5. The number of rotatable bonds is 7. The van der Waals surface area contributed by atoms with E-state index < -0.39 is 11.9 Å². The predicted molar refractivity (Wildman–Crippen MR) is 128 cm³/mol. The molecule has 0 saturated heterocycles. The molecule has 2 aromatic carbocycles. The number of fused-ring (bicyclic) bond motifs is 1. The minimum Gasteiger partial charge on any atom is -0.292 e. The zero-order valence-electron chi connectivity index (χ0n) is 20.1. The maximum atomic E-state index is 14.2. The second-order valence-corrected chi connectivity index (χ2v) is 9.40. The van der Waals surface area contributed by atoms with Gasteiger partial charge < -0.3 is 0 Å². The first-order chi connectivity index (χ1) is 16.5. The van der Waals surface area contributed by atoms with E-state index >= 15 is 0 Å². The number of nitrogens with one attached hydrogen (secondary N) is 1. The number of imidazole rings is 2. The van der Waals surface area contributed by atoms with Gasteiger partial charge in [-0.1, -0.05) is 36.8 Å². The van der Waals surface area contributed by atoms with Gasteiger partial charge in [0.05, 0.1) is 6.54 Å². The number of hydrogen-bond donors (Lipinski definition) is 1. The van der Waals surface area contributed by atoms with Gasteiger partial charge in [-0.05, 0) is 74.2 Å². The summed E-state index contributed by atoms with van der Waals surface area (Å²) in [7, 11) is 0. The van der Waals surface area contributed by atoms with Gasteiger partial charge in [0.1, 0.15) is 23.4 Å². The number of nitrogens with zero attached hydrogens (tertiary/aromatic N) is 3.